The molecule has 0 radical (unpaired) electrons. The number of carbonyl (C=O) groups is 1. The Labute approximate surface area is 121 Å². The first kappa shape index (κ1) is 12.6. The lowest BCUT2D eigenvalue weighted by Gasteiger charge is -2.10. The summed E-state index contributed by atoms with van der Waals surface area (Å²) >= 11 is 6.25. The van der Waals surface area contributed by atoms with Crippen molar-refractivity contribution in [2.45, 2.75) is 0 Å². The zero-order chi connectivity index (χ0) is 13.9. The maximum absolute atomic E-state index is 10.8. The van der Waals surface area contributed by atoms with Crippen LogP contribution in [-0.4, -0.2) is 15.8 Å². The minimum atomic E-state index is 0.518. The molecule has 0 aliphatic rings. The molecule has 1 heterocycles. The highest BCUT2D eigenvalue weighted by molar-refractivity contribution is 6.32. The maximum Gasteiger partial charge on any atom is 0.150 e. The van der Waals surface area contributed by atoms with Crippen LogP contribution >= 0.6 is 11.6 Å². The first-order valence-corrected chi connectivity index (χ1v) is 6.51. The molecule has 0 amide bonds. The molecule has 0 aliphatic heterocycles. The molecule has 0 spiro atoms. The Morgan fingerprint density at radius 1 is 1.10 bits per heavy atom. The van der Waals surface area contributed by atoms with E-state index >= 15 is 0 Å². The van der Waals surface area contributed by atoms with Crippen LogP contribution in [0.25, 0.3) is 17.1 Å². The molecule has 98 valence electrons. The van der Waals surface area contributed by atoms with E-state index in [1.807, 2.05) is 47.2 Å². The fraction of sp³-hybridized carbons (Fsp3) is 0. The van der Waals surface area contributed by atoms with Gasteiger partial charge in [0.15, 0.2) is 0 Å². The van der Waals surface area contributed by atoms with Crippen LogP contribution < -0.4 is 0 Å². The number of carbonyl (C=O) groups excluding carboxylic acids is 1. The van der Waals surface area contributed by atoms with Crippen molar-refractivity contribution in [3.63, 3.8) is 0 Å². The normalized spacial score (nSPS) is 10.4. The van der Waals surface area contributed by atoms with Gasteiger partial charge >= 0.3 is 0 Å². The topological polar surface area (TPSA) is 34.9 Å². The molecule has 20 heavy (non-hydrogen) atoms. The second-order valence-corrected chi connectivity index (χ2v) is 4.72. The van der Waals surface area contributed by atoms with Gasteiger partial charge in [-0.3, -0.25) is 9.36 Å². The van der Waals surface area contributed by atoms with Gasteiger partial charge in [-0.05, 0) is 18.2 Å². The fourth-order valence-electron chi connectivity index (χ4n) is 2.09. The summed E-state index contributed by atoms with van der Waals surface area (Å²) in [6.45, 7) is 0. The van der Waals surface area contributed by atoms with Crippen LogP contribution in [0.15, 0.2) is 60.9 Å². The van der Waals surface area contributed by atoms with Crippen molar-refractivity contribution in [2.24, 2.45) is 0 Å². The van der Waals surface area contributed by atoms with Gasteiger partial charge < -0.3 is 0 Å². The lowest BCUT2D eigenvalue weighted by molar-refractivity contribution is 0.112. The number of hydrogen-bond donors (Lipinski definition) is 0. The number of aldehydes is 1. The van der Waals surface area contributed by atoms with Gasteiger partial charge in [-0.1, -0.05) is 41.9 Å². The monoisotopic (exact) mass is 282 g/mol. The average molecular weight is 283 g/mol. The molecule has 0 unspecified atom stereocenters. The molecular weight excluding hydrogens is 272 g/mol. The van der Waals surface area contributed by atoms with E-state index in [4.69, 9.17) is 11.6 Å². The fourth-order valence-corrected chi connectivity index (χ4v) is 2.37. The van der Waals surface area contributed by atoms with E-state index in [2.05, 4.69) is 4.98 Å². The molecule has 3 nitrogen and oxygen atoms in total. The Kier molecular flexibility index (Phi) is 3.35. The van der Waals surface area contributed by atoms with Crippen LogP contribution in [0, 0.1) is 0 Å². The highest BCUT2D eigenvalue weighted by Gasteiger charge is 2.10. The number of rotatable bonds is 3. The SMILES string of the molecule is O=Cc1ccc(-n2ccnc2-c2ccccc2)c(Cl)c1. The Morgan fingerprint density at radius 3 is 2.60 bits per heavy atom. The van der Waals surface area contributed by atoms with Crippen LogP contribution in [0.3, 0.4) is 0 Å². The zero-order valence-corrected chi connectivity index (χ0v) is 11.3. The van der Waals surface area contributed by atoms with Crippen LogP contribution in [0.2, 0.25) is 5.02 Å². The lowest BCUT2D eigenvalue weighted by Crippen LogP contribution is -1.97. The molecule has 0 atom stereocenters. The highest BCUT2D eigenvalue weighted by Crippen LogP contribution is 2.26. The third kappa shape index (κ3) is 2.24. The van der Waals surface area contributed by atoms with Crippen molar-refractivity contribution in [3.05, 3.63) is 71.5 Å². The molecule has 0 bridgehead atoms. The lowest BCUT2D eigenvalue weighted by atomic mass is 10.2. The minimum absolute atomic E-state index is 0.518. The van der Waals surface area contributed by atoms with E-state index in [0.717, 1.165) is 23.4 Å². The smallest absolute Gasteiger partial charge is 0.150 e. The van der Waals surface area contributed by atoms with Crippen LogP contribution in [0.1, 0.15) is 10.4 Å². The zero-order valence-electron chi connectivity index (χ0n) is 10.5. The van der Waals surface area contributed by atoms with Gasteiger partial charge in [0.1, 0.15) is 12.1 Å². The number of imidazole rings is 1. The molecule has 0 fully saturated rings. The van der Waals surface area contributed by atoms with Gasteiger partial charge in [0.25, 0.3) is 0 Å². The number of hydrogen-bond acceptors (Lipinski definition) is 2. The summed E-state index contributed by atoms with van der Waals surface area (Å²) in [5, 5.41) is 0.518. The summed E-state index contributed by atoms with van der Waals surface area (Å²) < 4.78 is 1.91. The van der Waals surface area contributed by atoms with E-state index in [1.54, 1.807) is 18.3 Å². The van der Waals surface area contributed by atoms with E-state index in [1.165, 1.54) is 0 Å². The number of aromatic nitrogens is 2. The Morgan fingerprint density at radius 2 is 1.90 bits per heavy atom. The Hall–Kier alpha value is -2.39. The van der Waals surface area contributed by atoms with E-state index in [9.17, 15) is 4.79 Å². The summed E-state index contributed by atoms with van der Waals surface area (Å²) in [4.78, 5) is 15.1. The molecule has 3 rings (SSSR count). The van der Waals surface area contributed by atoms with Crippen LogP contribution in [-0.2, 0) is 0 Å². The molecular formula is C16H11ClN2O. The quantitative estimate of drug-likeness (QED) is 0.681. The molecule has 3 aromatic rings. The van der Waals surface area contributed by atoms with Crippen molar-refractivity contribution in [1.29, 1.82) is 0 Å². The first-order chi connectivity index (χ1) is 9.79. The van der Waals surface area contributed by atoms with Gasteiger partial charge in [-0.25, -0.2) is 4.98 Å². The third-order valence-corrected chi connectivity index (χ3v) is 3.34. The second kappa shape index (κ2) is 5.31. The molecule has 0 saturated carbocycles. The highest BCUT2D eigenvalue weighted by atomic mass is 35.5. The number of nitrogens with zero attached hydrogens (tertiary/aromatic N) is 2. The average Bonchev–Trinajstić information content (AvgIpc) is 2.97. The summed E-state index contributed by atoms with van der Waals surface area (Å²) in [5.74, 6) is 0.811. The summed E-state index contributed by atoms with van der Waals surface area (Å²) in [5.41, 5.74) is 2.36. The van der Waals surface area contributed by atoms with Gasteiger partial charge in [0.05, 0.1) is 10.7 Å². The number of benzene rings is 2. The standard InChI is InChI=1S/C16H11ClN2O/c17-14-10-12(11-20)6-7-15(14)19-9-8-18-16(19)13-4-2-1-3-5-13/h1-11H. The van der Waals surface area contributed by atoms with Gasteiger partial charge in [-0.2, -0.15) is 0 Å². The van der Waals surface area contributed by atoms with E-state index < -0.39 is 0 Å². The van der Waals surface area contributed by atoms with Crippen LogP contribution in [0.4, 0.5) is 0 Å². The van der Waals surface area contributed by atoms with Crippen molar-refractivity contribution in [3.8, 4) is 17.1 Å². The Bertz CT molecular complexity index is 750. The van der Waals surface area contributed by atoms with Crippen molar-refractivity contribution in [2.75, 3.05) is 0 Å². The van der Waals surface area contributed by atoms with Crippen LogP contribution in [0.5, 0.6) is 0 Å². The van der Waals surface area contributed by atoms with E-state index in [-0.39, 0.29) is 0 Å². The first-order valence-electron chi connectivity index (χ1n) is 6.13. The summed E-state index contributed by atoms with van der Waals surface area (Å²) in [7, 11) is 0. The van der Waals surface area contributed by atoms with Crippen molar-refractivity contribution in [1.82, 2.24) is 9.55 Å². The summed E-state index contributed by atoms with van der Waals surface area (Å²) in [6.07, 6.45) is 4.36. The van der Waals surface area contributed by atoms with E-state index in [0.29, 0.717) is 10.6 Å². The molecule has 0 aliphatic carbocycles. The molecule has 4 heteroatoms. The molecule has 0 saturated heterocycles. The van der Waals surface area contributed by atoms with Gasteiger partial charge in [0.2, 0.25) is 0 Å². The molecule has 0 N–H and O–H groups in total. The predicted octanol–water partition coefficient (Wildman–Crippen LogP) is 4.01. The van der Waals surface area contributed by atoms with Gasteiger partial charge in [-0.15, -0.1) is 0 Å². The number of halogens is 1. The minimum Gasteiger partial charge on any atom is -0.298 e. The summed E-state index contributed by atoms with van der Waals surface area (Å²) in [6, 6.07) is 15.1. The molecule has 1 aromatic heterocycles. The largest absolute Gasteiger partial charge is 0.298 e. The maximum atomic E-state index is 10.8. The van der Waals surface area contributed by atoms with Crippen molar-refractivity contribution < 1.29 is 4.79 Å². The molecule has 2 aromatic carbocycles. The second-order valence-electron chi connectivity index (χ2n) is 4.32. The Balaban J connectivity index is 2.13. The van der Waals surface area contributed by atoms with Gasteiger partial charge in [0, 0.05) is 23.5 Å². The van der Waals surface area contributed by atoms with Crippen molar-refractivity contribution >= 4 is 17.9 Å². The third-order valence-electron chi connectivity index (χ3n) is 3.04. The predicted molar refractivity (Wildman–Crippen MR) is 79.4 cm³/mol.